The Balaban J connectivity index is 1.59. The molecule has 4 heteroatoms. The lowest BCUT2D eigenvalue weighted by Crippen LogP contribution is -2.32. The van der Waals surface area contributed by atoms with E-state index in [2.05, 4.69) is 23.1 Å². The number of hydrogen-bond acceptors (Lipinski definition) is 3. The highest BCUT2D eigenvalue weighted by Gasteiger charge is 2.21. The number of nitrogens with zero attached hydrogens (tertiary/aromatic N) is 1. The van der Waals surface area contributed by atoms with Gasteiger partial charge in [0.25, 0.3) is 0 Å². The largest absolute Gasteiger partial charge is 0.497 e. The summed E-state index contributed by atoms with van der Waals surface area (Å²) >= 11 is 0. The average Bonchev–Trinajstić information content (AvgIpc) is 2.62. The molecule has 0 atom stereocenters. The standard InChI is InChI=1S/C20H23NO3/c1-24-19-7-3-5-17(13-19)16-8-10-21(11-9-16)14-15-4-2-6-18(12-15)20(22)23/h2-7,12-13,16H,8-11,14H2,1H3,(H,22,23). The first-order valence-electron chi connectivity index (χ1n) is 8.34. The summed E-state index contributed by atoms with van der Waals surface area (Å²) in [7, 11) is 1.70. The molecule has 1 heterocycles. The van der Waals surface area contributed by atoms with Crippen LogP contribution in [0.1, 0.15) is 40.2 Å². The summed E-state index contributed by atoms with van der Waals surface area (Å²) in [5.41, 5.74) is 2.77. The maximum atomic E-state index is 11.1. The number of benzene rings is 2. The number of methoxy groups -OCH3 is 1. The summed E-state index contributed by atoms with van der Waals surface area (Å²) in [5.74, 6) is 0.621. The van der Waals surface area contributed by atoms with Gasteiger partial charge in [-0.05, 0) is 67.2 Å². The molecule has 0 spiro atoms. The number of carboxylic acids is 1. The van der Waals surface area contributed by atoms with E-state index in [1.54, 1.807) is 19.2 Å². The summed E-state index contributed by atoms with van der Waals surface area (Å²) in [6, 6.07) is 15.6. The molecule has 1 aliphatic heterocycles. The fourth-order valence-corrected chi connectivity index (χ4v) is 3.38. The average molecular weight is 325 g/mol. The predicted octanol–water partition coefficient (Wildman–Crippen LogP) is 3.77. The van der Waals surface area contributed by atoms with Crippen molar-refractivity contribution >= 4 is 5.97 Å². The molecule has 126 valence electrons. The highest BCUT2D eigenvalue weighted by Crippen LogP contribution is 2.30. The fraction of sp³-hybridized carbons (Fsp3) is 0.350. The van der Waals surface area contributed by atoms with Crippen LogP contribution in [0.5, 0.6) is 5.75 Å². The van der Waals surface area contributed by atoms with Gasteiger partial charge in [-0.2, -0.15) is 0 Å². The lowest BCUT2D eigenvalue weighted by atomic mass is 9.89. The molecule has 0 saturated carbocycles. The van der Waals surface area contributed by atoms with Crippen molar-refractivity contribution in [2.24, 2.45) is 0 Å². The molecule has 3 rings (SSSR count). The number of aromatic carboxylic acids is 1. The van der Waals surface area contributed by atoms with Crippen LogP contribution in [0.25, 0.3) is 0 Å². The number of hydrogen-bond donors (Lipinski definition) is 1. The number of ether oxygens (including phenoxy) is 1. The van der Waals surface area contributed by atoms with Gasteiger partial charge in [-0.1, -0.05) is 24.3 Å². The van der Waals surface area contributed by atoms with E-state index in [1.807, 2.05) is 18.2 Å². The third kappa shape index (κ3) is 3.95. The second-order valence-electron chi connectivity index (χ2n) is 6.33. The van der Waals surface area contributed by atoms with Gasteiger partial charge in [0.2, 0.25) is 0 Å². The molecule has 0 aliphatic carbocycles. The van der Waals surface area contributed by atoms with Gasteiger partial charge >= 0.3 is 5.97 Å². The van der Waals surface area contributed by atoms with Gasteiger partial charge < -0.3 is 9.84 Å². The zero-order valence-corrected chi connectivity index (χ0v) is 13.9. The lowest BCUT2D eigenvalue weighted by molar-refractivity contribution is 0.0696. The van der Waals surface area contributed by atoms with Crippen molar-refractivity contribution in [3.8, 4) is 5.75 Å². The molecule has 0 aromatic heterocycles. The quantitative estimate of drug-likeness (QED) is 0.909. The van der Waals surface area contributed by atoms with Crippen molar-refractivity contribution in [2.75, 3.05) is 20.2 Å². The smallest absolute Gasteiger partial charge is 0.335 e. The van der Waals surface area contributed by atoms with Crippen LogP contribution in [-0.4, -0.2) is 36.2 Å². The number of piperidine rings is 1. The molecule has 1 N–H and O–H groups in total. The Bertz CT molecular complexity index is 706. The molecule has 1 saturated heterocycles. The van der Waals surface area contributed by atoms with Crippen LogP contribution < -0.4 is 4.74 Å². The fourth-order valence-electron chi connectivity index (χ4n) is 3.38. The van der Waals surface area contributed by atoms with Crippen LogP contribution in [0.15, 0.2) is 48.5 Å². The molecular formula is C20H23NO3. The predicted molar refractivity (Wildman–Crippen MR) is 93.6 cm³/mol. The molecule has 2 aromatic rings. The van der Waals surface area contributed by atoms with E-state index in [4.69, 9.17) is 9.84 Å². The van der Waals surface area contributed by atoms with Crippen LogP contribution in [0.3, 0.4) is 0 Å². The normalized spacial score (nSPS) is 16.0. The molecule has 0 bridgehead atoms. The van der Waals surface area contributed by atoms with Crippen molar-refractivity contribution in [2.45, 2.75) is 25.3 Å². The Morgan fingerprint density at radius 2 is 1.92 bits per heavy atom. The molecule has 1 fully saturated rings. The first kappa shape index (κ1) is 16.5. The molecule has 0 radical (unpaired) electrons. The van der Waals surface area contributed by atoms with E-state index in [0.29, 0.717) is 11.5 Å². The van der Waals surface area contributed by atoms with Gasteiger partial charge in [0.05, 0.1) is 12.7 Å². The summed E-state index contributed by atoms with van der Waals surface area (Å²) < 4.78 is 5.32. The summed E-state index contributed by atoms with van der Waals surface area (Å²) in [4.78, 5) is 13.5. The Morgan fingerprint density at radius 1 is 1.17 bits per heavy atom. The van der Waals surface area contributed by atoms with E-state index in [0.717, 1.165) is 43.8 Å². The van der Waals surface area contributed by atoms with Crippen molar-refractivity contribution in [1.29, 1.82) is 0 Å². The topological polar surface area (TPSA) is 49.8 Å². The van der Waals surface area contributed by atoms with Gasteiger partial charge in [0.1, 0.15) is 5.75 Å². The van der Waals surface area contributed by atoms with E-state index >= 15 is 0 Å². The van der Waals surface area contributed by atoms with Gasteiger partial charge in [-0.3, -0.25) is 4.90 Å². The van der Waals surface area contributed by atoms with Crippen LogP contribution in [0.4, 0.5) is 0 Å². The van der Waals surface area contributed by atoms with Gasteiger partial charge in [0, 0.05) is 6.54 Å². The van der Waals surface area contributed by atoms with E-state index in [9.17, 15) is 4.79 Å². The zero-order chi connectivity index (χ0) is 16.9. The van der Waals surface area contributed by atoms with Crippen LogP contribution in [-0.2, 0) is 6.54 Å². The minimum Gasteiger partial charge on any atom is -0.497 e. The Hall–Kier alpha value is -2.33. The molecule has 0 amide bonds. The first-order chi connectivity index (χ1) is 11.7. The minimum atomic E-state index is -0.867. The van der Waals surface area contributed by atoms with Crippen LogP contribution >= 0.6 is 0 Å². The van der Waals surface area contributed by atoms with E-state index < -0.39 is 5.97 Å². The maximum Gasteiger partial charge on any atom is 0.335 e. The summed E-state index contributed by atoms with van der Waals surface area (Å²) in [5, 5.41) is 9.09. The van der Waals surface area contributed by atoms with E-state index in [1.165, 1.54) is 5.56 Å². The molecule has 1 aliphatic rings. The second-order valence-corrected chi connectivity index (χ2v) is 6.33. The molecular weight excluding hydrogens is 302 g/mol. The SMILES string of the molecule is COc1cccc(C2CCN(Cc3cccc(C(=O)O)c3)CC2)c1. The monoisotopic (exact) mass is 325 g/mol. The van der Waals surface area contributed by atoms with Gasteiger partial charge in [0.15, 0.2) is 0 Å². The highest BCUT2D eigenvalue weighted by atomic mass is 16.5. The highest BCUT2D eigenvalue weighted by molar-refractivity contribution is 5.87. The van der Waals surface area contributed by atoms with E-state index in [-0.39, 0.29) is 0 Å². The van der Waals surface area contributed by atoms with Crippen molar-refractivity contribution < 1.29 is 14.6 Å². The van der Waals surface area contributed by atoms with Crippen molar-refractivity contribution in [1.82, 2.24) is 4.90 Å². The van der Waals surface area contributed by atoms with Gasteiger partial charge in [-0.15, -0.1) is 0 Å². The second kappa shape index (κ2) is 7.49. The molecule has 2 aromatic carbocycles. The van der Waals surface area contributed by atoms with Crippen LogP contribution in [0, 0.1) is 0 Å². The molecule has 0 unspecified atom stereocenters. The number of carbonyl (C=O) groups is 1. The zero-order valence-electron chi connectivity index (χ0n) is 13.9. The molecule has 4 nitrogen and oxygen atoms in total. The summed E-state index contributed by atoms with van der Waals surface area (Å²) in [6.45, 7) is 2.87. The Labute approximate surface area is 142 Å². The minimum absolute atomic E-state index is 0.360. The first-order valence-corrected chi connectivity index (χ1v) is 8.34. The number of likely N-dealkylation sites (tertiary alicyclic amines) is 1. The van der Waals surface area contributed by atoms with Crippen molar-refractivity contribution in [3.63, 3.8) is 0 Å². The Morgan fingerprint density at radius 3 is 2.62 bits per heavy atom. The maximum absolute atomic E-state index is 11.1. The van der Waals surface area contributed by atoms with Crippen molar-refractivity contribution in [3.05, 3.63) is 65.2 Å². The van der Waals surface area contributed by atoms with Crippen LogP contribution in [0.2, 0.25) is 0 Å². The Kier molecular flexibility index (Phi) is 5.16. The molecule has 24 heavy (non-hydrogen) atoms. The number of carboxylic acid groups (broad SMARTS) is 1. The summed E-state index contributed by atoms with van der Waals surface area (Å²) in [6.07, 6.45) is 2.23. The number of rotatable bonds is 5. The third-order valence-electron chi connectivity index (χ3n) is 4.73. The third-order valence-corrected chi connectivity index (χ3v) is 4.73. The lowest BCUT2D eigenvalue weighted by Gasteiger charge is -2.32. The van der Waals surface area contributed by atoms with Gasteiger partial charge in [-0.25, -0.2) is 4.79 Å².